The van der Waals surface area contributed by atoms with Crippen molar-refractivity contribution in [2.24, 2.45) is 11.3 Å². The summed E-state index contributed by atoms with van der Waals surface area (Å²) in [5.74, 6) is 0.948. The van der Waals surface area contributed by atoms with E-state index >= 15 is 0 Å². The quantitative estimate of drug-likeness (QED) is 0.779. The second kappa shape index (κ2) is 7.25. The second-order valence-electron chi connectivity index (χ2n) is 10.2. The van der Waals surface area contributed by atoms with Crippen LogP contribution in [0, 0.1) is 11.3 Å². The Balaban J connectivity index is 1.42. The zero-order valence-electron chi connectivity index (χ0n) is 17.0. The summed E-state index contributed by atoms with van der Waals surface area (Å²) in [5, 5.41) is 0. The van der Waals surface area contributed by atoms with Crippen molar-refractivity contribution in [3.63, 3.8) is 0 Å². The molecule has 0 aromatic heterocycles. The van der Waals surface area contributed by atoms with E-state index in [4.69, 9.17) is 0 Å². The molecule has 3 heteroatoms. The van der Waals surface area contributed by atoms with E-state index in [1.165, 1.54) is 77.9 Å². The lowest BCUT2D eigenvalue weighted by molar-refractivity contribution is 0.0655. The van der Waals surface area contributed by atoms with Gasteiger partial charge in [-0.05, 0) is 111 Å². The summed E-state index contributed by atoms with van der Waals surface area (Å²) in [6.07, 6.45) is 7.13. The third kappa shape index (κ3) is 4.34. The van der Waals surface area contributed by atoms with Crippen molar-refractivity contribution in [1.82, 2.24) is 14.7 Å². The average Bonchev–Trinajstić information content (AvgIpc) is 2.95. The molecule has 0 aromatic rings. The summed E-state index contributed by atoms with van der Waals surface area (Å²) in [4.78, 5) is 8.17. The van der Waals surface area contributed by atoms with Crippen LogP contribution in [0.3, 0.4) is 0 Å². The molecular formula is C21H41N3. The SMILES string of the molecule is CC(C)N1CCC(CN2CCC3(CC2)CCN(C(C)(C)C)C3)CC1. The van der Waals surface area contributed by atoms with Gasteiger partial charge in [-0.15, -0.1) is 0 Å². The highest BCUT2D eigenvalue weighted by atomic mass is 15.2. The Morgan fingerprint density at radius 1 is 0.917 bits per heavy atom. The average molecular weight is 336 g/mol. The van der Waals surface area contributed by atoms with E-state index in [9.17, 15) is 0 Å². The van der Waals surface area contributed by atoms with Crippen molar-refractivity contribution in [1.29, 1.82) is 0 Å². The molecule has 1 spiro atoms. The molecule has 3 saturated heterocycles. The Labute approximate surface area is 150 Å². The molecule has 24 heavy (non-hydrogen) atoms. The Kier molecular flexibility index (Phi) is 5.64. The van der Waals surface area contributed by atoms with Gasteiger partial charge in [-0.1, -0.05) is 0 Å². The van der Waals surface area contributed by atoms with E-state index in [1.807, 2.05) is 0 Å². The Bertz CT molecular complexity index is 396. The molecule has 0 atom stereocenters. The molecule has 3 aliphatic heterocycles. The van der Waals surface area contributed by atoms with Crippen molar-refractivity contribution in [3.8, 4) is 0 Å². The van der Waals surface area contributed by atoms with Crippen molar-refractivity contribution in [2.75, 3.05) is 45.8 Å². The van der Waals surface area contributed by atoms with Crippen LogP contribution < -0.4 is 0 Å². The fourth-order valence-electron chi connectivity index (χ4n) is 5.14. The summed E-state index contributed by atoms with van der Waals surface area (Å²) in [6, 6.07) is 0.730. The highest BCUT2D eigenvalue weighted by Gasteiger charge is 2.43. The second-order valence-corrected chi connectivity index (χ2v) is 10.2. The fraction of sp³-hybridized carbons (Fsp3) is 1.00. The highest BCUT2D eigenvalue weighted by molar-refractivity contribution is 4.97. The number of rotatable bonds is 3. The van der Waals surface area contributed by atoms with Crippen molar-refractivity contribution in [2.45, 2.75) is 78.3 Å². The first-order chi connectivity index (χ1) is 11.3. The summed E-state index contributed by atoms with van der Waals surface area (Å²) >= 11 is 0. The standard InChI is InChI=1S/C21H41N3/c1-18(2)23-11-6-19(7-12-23)16-22-13-8-21(9-14-22)10-15-24(17-21)20(3,4)5/h18-19H,6-17H2,1-5H3. The predicted molar refractivity (Wildman–Crippen MR) is 103 cm³/mol. The number of nitrogens with zero attached hydrogens (tertiary/aromatic N) is 3. The third-order valence-corrected chi connectivity index (χ3v) is 7.20. The monoisotopic (exact) mass is 335 g/mol. The number of hydrogen-bond donors (Lipinski definition) is 0. The lowest BCUT2D eigenvalue weighted by Gasteiger charge is -2.43. The van der Waals surface area contributed by atoms with Gasteiger partial charge >= 0.3 is 0 Å². The zero-order valence-corrected chi connectivity index (χ0v) is 17.0. The van der Waals surface area contributed by atoms with Crippen LogP contribution >= 0.6 is 0 Å². The topological polar surface area (TPSA) is 9.72 Å². The molecule has 3 heterocycles. The number of hydrogen-bond acceptors (Lipinski definition) is 3. The van der Waals surface area contributed by atoms with Crippen molar-refractivity contribution in [3.05, 3.63) is 0 Å². The van der Waals surface area contributed by atoms with Crippen molar-refractivity contribution < 1.29 is 0 Å². The van der Waals surface area contributed by atoms with Crippen LogP contribution in [0.5, 0.6) is 0 Å². The molecule has 0 unspecified atom stereocenters. The van der Waals surface area contributed by atoms with Gasteiger partial charge in [0.25, 0.3) is 0 Å². The van der Waals surface area contributed by atoms with Gasteiger partial charge in [0.05, 0.1) is 0 Å². The summed E-state index contributed by atoms with van der Waals surface area (Å²) < 4.78 is 0. The van der Waals surface area contributed by atoms with Gasteiger partial charge in [0.15, 0.2) is 0 Å². The Morgan fingerprint density at radius 3 is 2.00 bits per heavy atom. The molecule has 140 valence electrons. The van der Waals surface area contributed by atoms with Gasteiger partial charge in [-0.2, -0.15) is 0 Å². The predicted octanol–water partition coefficient (Wildman–Crippen LogP) is 3.69. The van der Waals surface area contributed by atoms with Gasteiger partial charge in [0.1, 0.15) is 0 Å². The van der Waals surface area contributed by atoms with Crippen LogP contribution in [-0.2, 0) is 0 Å². The summed E-state index contributed by atoms with van der Waals surface area (Å²) in [7, 11) is 0. The summed E-state index contributed by atoms with van der Waals surface area (Å²) in [6.45, 7) is 21.2. The number of likely N-dealkylation sites (tertiary alicyclic amines) is 3. The van der Waals surface area contributed by atoms with Crippen LogP contribution in [0.25, 0.3) is 0 Å². The molecule has 0 bridgehead atoms. The maximum atomic E-state index is 2.79. The highest BCUT2D eigenvalue weighted by Crippen LogP contribution is 2.42. The van der Waals surface area contributed by atoms with E-state index < -0.39 is 0 Å². The minimum absolute atomic E-state index is 0.352. The first kappa shape index (κ1) is 18.7. The molecule has 0 amide bonds. The smallest absolute Gasteiger partial charge is 0.0125 e. The third-order valence-electron chi connectivity index (χ3n) is 7.20. The maximum absolute atomic E-state index is 2.79. The van der Waals surface area contributed by atoms with Crippen LogP contribution in [0.1, 0.15) is 66.7 Å². The molecule has 0 N–H and O–H groups in total. The largest absolute Gasteiger partial charge is 0.303 e. The lowest BCUT2D eigenvalue weighted by Crippen LogP contribution is -2.47. The van der Waals surface area contributed by atoms with Crippen LogP contribution in [-0.4, -0.2) is 72.1 Å². The van der Waals surface area contributed by atoms with Crippen molar-refractivity contribution >= 4 is 0 Å². The molecule has 3 aliphatic rings. The fourth-order valence-corrected chi connectivity index (χ4v) is 5.14. The number of piperidine rings is 2. The minimum Gasteiger partial charge on any atom is -0.303 e. The summed E-state index contributed by atoms with van der Waals surface area (Å²) in [5.41, 5.74) is 0.996. The lowest BCUT2D eigenvalue weighted by atomic mass is 9.77. The first-order valence-corrected chi connectivity index (χ1v) is 10.5. The zero-order chi connectivity index (χ0) is 17.4. The molecule has 0 saturated carbocycles. The van der Waals surface area contributed by atoms with Gasteiger partial charge in [-0.3, -0.25) is 4.90 Å². The molecule has 3 fully saturated rings. The molecular weight excluding hydrogens is 294 g/mol. The van der Waals surface area contributed by atoms with E-state index in [0.29, 0.717) is 11.0 Å². The normalized spacial score (nSPS) is 28.2. The van der Waals surface area contributed by atoms with E-state index in [-0.39, 0.29) is 0 Å². The van der Waals surface area contributed by atoms with Crippen LogP contribution in [0.2, 0.25) is 0 Å². The molecule has 3 rings (SSSR count). The van der Waals surface area contributed by atoms with Gasteiger partial charge < -0.3 is 9.80 Å². The Morgan fingerprint density at radius 2 is 1.50 bits per heavy atom. The first-order valence-electron chi connectivity index (χ1n) is 10.5. The molecule has 3 nitrogen and oxygen atoms in total. The van der Waals surface area contributed by atoms with Crippen LogP contribution in [0.4, 0.5) is 0 Å². The van der Waals surface area contributed by atoms with Crippen LogP contribution in [0.15, 0.2) is 0 Å². The van der Waals surface area contributed by atoms with Gasteiger partial charge in [0.2, 0.25) is 0 Å². The van der Waals surface area contributed by atoms with E-state index in [2.05, 4.69) is 49.3 Å². The van der Waals surface area contributed by atoms with E-state index in [1.54, 1.807) is 0 Å². The Hall–Kier alpha value is -0.120. The molecule has 0 aromatic carbocycles. The molecule has 0 radical (unpaired) electrons. The molecule has 0 aliphatic carbocycles. The van der Waals surface area contributed by atoms with Gasteiger partial charge in [0, 0.05) is 24.7 Å². The van der Waals surface area contributed by atoms with Gasteiger partial charge in [-0.25, -0.2) is 0 Å². The maximum Gasteiger partial charge on any atom is 0.0125 e. The van der Waals surface area contributed by atoms with E-state index in [0.717, 1.165) is 12.0 Å². The minimum atomic E-state index is 0.352.